The van der Waals surface area contributed by atoms with Crippen molar-refractivity contribution in [3.05, 3.63) is 81.1 Å². The molecule has 132 valence electrons. The maximum absolute atomic E-state index is 11.9. The van der Waals surface area contributed by atoms with Gasteiger partial charge >= 0.3 is 0 Å². The monoisotopic (exact) mass is 382 g/mol. The van der Waals surface area contributed by atoms with Crippen LogP contribution < -0.4 is 5.32 Å². The number of carbonyl (C=O) groups excluding carboxylic acids is 1. The first kappa shape index (κ1) is 18.4. The molecule has 0 bridgehead atoms. The smallest absolute Gasteiger partial charge is 0.244 e. The molecule has 0 unspecified atom stereocenters. The molecule has 0 radical (unpaired) electrons. The Kier molecular flexibility index (Phi) is 6.21. The number of hydrogen-bond acceptors (Lipinski definition) is 3. The molecule has 0 spiro atoms. The summed E-state index contributed by atoms with van der Waals surface area (Å²) in [5, 5.41) is 6.72. The molecule has 0 aliphatic heterocycles. The molecule has 1 N–H and O–H groups in total. The van der Waals surface area contributed by atoms with Crippen molar-refractivity contribution in [1.29, 1.82) is 0 Å². The molecule has 2 aromatic carbocycles. The van der Waals surface area contributed by atoms with E-state index in [1.807, 2.05) is 19.1 Å². The Morgan fingerprint density at radius 3 is 2.54 bits per heavy atom. The number of nitrogens with one attached hydrogen (secondary N) is 1. The van der Waals surface area contributed by atoms with E-state index >= 15 is 0 Å². The van der Waals surface area contributed by atoms with Crippen LogP contribution >= 0.6 is 22.9 Å². The molecule has 0 saturated heterocycles. The lowest BCUT2D eigenvalue weighted by atomic mass is 10.1. The molecule has 1 amide bonds. The minimum atomic E-state index is -0.102. The fraction of sp³-hybridized carbons (Fsp3) is 0.143. The number of thiazole rings is 1. The summed E-state index contributed by atoms with van der Waals surface area (Å²) in [6.07, 6.45) is 4.10. The Morgan fingerprint density at radius 2 is 1.88 bits per heavy atom. The van der Waals surface area contributed by atoms with Crippen LogP contribution in [0.1, 0.15) is 16.1 Å². The van der Waals surface area contributed by atoms with Crippen molar-refractivity contribution in [3.63, 3.8) is 0 Å². The van der Waals surface area contributed by atoms with E-state index in [9.17, 15) is 4.79 Å². The molecule has 1 aromatic heterocycles. The van der Waals surface area contributed by atoms with Crippen LogP contribution in [0.5, 0.6) is 0 Å². The van der Waals surface area contributed by atoms with Crippen molar-refractivity contribution in [2.75, 3.05) is 6.54 Å². The topological polar surface area (TPSA) is 42.0 Å². The van der Waals surface area contributed by atoms with Crippen LogP contribution in [-0.2, 0) is 11.2 Å². The highest BCUT2D eigenvalue weighted by atomic mass is 35.5. The summed E-state index contributed by atoms with van der Waals surface area (Å²) in [4.78, 5) is 16.4. The van der Waals surface area contributed by atoms with Gasteiger partial charge in [0, 0.05) is 28.6 Å². The molecule has 3 aromatic rings. The number of hydrogen-bond donors (Lipinski definition) is 1. The highest BCUT2D eigenvalue weighted by Crippen LogP contribution is 2.21. The zero-order chi connectivity index (χ0) is 18.4. The second-order valence-electron chi connectivity index (χ2n) is 5.87. The lowest BCUT2D eigenvalue weighted by Crippen LogP contribution is -2.23. The van der Waals surface area contributed by atoms with Crippen molar-refractivity contribution in [2.24, 2.45) is 0 Å². The van der Waals surface area contributed by atoms with Crippen LogP contribution in [0.25, 0.3) is 17.3 Å². The minimum Gasteiger partial charge on any atom is -0.352 e. The van der Waals surface area contributed by atoms with E-state index in [4.69, 9.17) is 11.6 Å². The molecule has 0 fully saturated rings. The first-order valence-corrected chi connectivity index (χ1v) is 9.59. The van der Waals surface area contributed by atoms with E-state index < -0.39 is 0 Å². The Balaban J connectivity index is 1.47. The van der Waals surface area contributed by atoms with Gasteiger partial charge in [0.2, 0.25) is 5.91 Å². The van der Waals surface area contributed by atoms with E-state index in [0.29, 0.717) is 11.6 Å². The van der Waals surface area contributed by atoms with Crippen LogP contribution in [0.4, 0.5) is 0 Å². The van der Waals surface area contributed by atoms with Gasteiger partial charge in [-0.2, -0.15) is 0 Å². The fourth-order valence-electron chi connectivity index (χ4n) is 2.47. The Morgan fingerprint density at radius 1 is 1.15 bits per heavy atom. The zero-order valence-electron chi connectivity index (χ0n) is 14.4. The van der Waals surface area contributed by atoms with Gasteiger partial charge in [-0.15, -0.1) is 11.3 Å². The summed E-state index contributed by atoms with van der Waals surface area (Å²) >= 11 is 7.49. The first-order valence-electron chi connectivity index (χ1n) is 8.33. The average Bonchev–Trinajstić information content (AvgIpc) is 3.08. The van der Waals surface area contributed by atoms with Gasteiger partial charge in [0.1, 0.15) is 0 Å². The number of amides is 1. The van der Waals surface area contributed by atoms with Crippen LogP contribution in [0.2, 0.25) is 5.02 Å². The van der Waals surface area contributed by atoms with E-state index in [2.05, 4.69) is 39.9 Å². The van der Waals surface area contributed by atoms with Crippen molar-refractivity contribution in [2.45, 2.75) is 13.3 Å². The van der Waals surface area contributed by atoms with E-state index in [1.165, 1.54) is 11.6 Å². The van der Waals surface area contributed by atoms with Crippen molar-refractivity contribution < 1.29 is 4.79 Å². The van der Waals surface area contributed by atoms with Crippen LogP contribution in [0.15, 0.2) is 60.0 Å². The molecule has 3 rings (SSSR count). The molecular formula is C21H19ClN2OS. The number of aromatic nitrogens is 1. The van der Waals surface area contributed by atoms with Gasteiger partial charge < -0.3 is 5.32 Å². The second kappa shape index (κ2) is 8.79. The normalized spacial score (nSPS) is 11.0. The van der Waals surface area contributed by atoms with Gasteiger partial charge in [0.05, 0.1) is 10.7 Å². The maximum Gasteiger partial charge on any atom is 0.244 e. The molecule has 5 heteroatoms. The summed E-state index contributed by atoms with van der Waals surface area (Å²) in [6.45, 7) is 2.60. The average molecular weight is 383 g/mol. The lowest BCUT2D eigenvalue weighted by molar-refractivity contribution is -0.116. The van der Waals surface area contributed by atoms with Crippen LogP contribution in [0.3, 0.4) is 0 Å². The third-order valence-electron chi connectivity index (χ3n) is 3.88. The number of aryl methyl sites for hydroxylation is 1. The van der Waals surface area contributed by atoms with Gasteiger partial charge in [-0.3, -0.25) is 4.79 Å². The van der Waals surface area contributed by atoms with E-state index in [0.717, 1.165) is 28.2 Å². The van der Waals surface area contributed by atoms with Gasteiger partial charge in [-0.1, -0.05) is 48.0 Å². The SMILES string of the molecule is Cc1nc(-c2ccc(CCNC(=O)/C=C/c3ccc(Cl)cc3)cc2)cs1. The summed E-state index contributed by atoms with van der Waals surface area (Å²) in [5.74, 6) is -0.102. The molecule has 0 aliphatic carbocycles. The predicted molar refractivity (Wildman–Crippen MR) is 109 cm³/mol. The van der Waals surface area contributed by atoms with Crippen molar-refractivity contribution in [3.8, 4) is 11.3 Å². The third kappa shape index (κ3) is 5.28. The maximum atomic E-state index is 11.9. The Hall–Kier alpha value is -2.43. The summed E-state index contributed by atoms with van der Waals surface area (Å²) in [6, 6.07) is 15.7. The minimum absolute atomic E-state index is 0.102. The van der Waals surface area contributed by atoms with Gasteiger partial charge in [-0.05, 0) is 42.7 Å². The molecule has 0 aliphatic rings. The molecule has 0 atom stereocenters. The molecule has 0 saturated carbocycles. The summed E-state index contributed by atoms with van der Waals surface area (Å²) in [7, 11) is 0. The molecular weight excluding hydrogens is 364 g/mol. The van der Waals surface area contributed by atoms with Gasteiger partial charge in [-0.25, -0.2) is 4.98 Å². The predicted octanol–water partition coefficient (Wildman–Crippen LogP) is 5.14. The van der Waals surface area contributed by atoms with Gasteiger partial charge in [0.25, 0.3) is 0 Å². The highest BCUT2D eigenvalue weighted by Gasteiger charge is 2.02. The number of halogens is 1. The Labute approximate surface area is 162 Å². The van der Waals surface area contributed by atoms with Gasteiger partial charge in [0.15, 0.2) is 0 Å². The molecule has 26 heavy (non-hydrogen) atoms. The van der Waals surface area contributed by atoms with Crippen molar-refractivity contribution >= 4 is 34.9 Å². The Bertz CT molecular complexity index is 899. The summed E-state index contributed by atoms with van der Waals surface area (Å²) < 4.78 is 0. The van der Waals surface area contributed by atoms with Crippen LogP contribution in [-0.4, -0.2) is 17.4 Å². The second-order valence-corrected chi connectivity index (χ2v) is 7.37. The number of nitrogens with zero attached hydrogens (tertiary/aromatic N) is 1. The largest absolute Gasteiger partial charge is 0.352 e. The van der Waals surface area contributed by atoms with E-state index in [-0.39, 0.29) is 5.91 Å². The highest BCUT2D eigenvalue weighted by molar-refractivity contribution is 7.09. The zero-order valence-corrected chi connectivity index (χ0v) is 16.0. The van der Waals surface area contributed by atoms with Crippen molar-refractivity contribution in [1.82, 2.24) is 10.3 Å². The quantitative estimate of drug-likeness (QED) is 0.599. The fourth-order valence-corrected chi connectivity index (χ4v) is 3.22. The molecule has 1 heterocycles. The lowest BCUT2D eigenvalue weighted by Gasteiger charge is -2.04. The van der Waals surface area contributed by atoms with Crippen LogP contribution in [0, 0.1) is 6.92 Å². The number of benzene rings is 2. The standard InChI is InChI=1S/C21H19ClN2OS/c1-15-24-20(14-26-15)18-7-2-17(3-8-18)12-13-23-21(25)11-6-16-4-9-19(22)10-5-16/h2-11,14H,12-13H2,1H3,(H,23,25)/b11-6+. The number of rotatable bonds is 6. The first-order chi connectivity index (χ1) is 12.6. The third-order valence-corrected chi connectivity index (χ3v) is 4.90. The number of carbonyl (C=O) groups is 1. The molecule has 3 nitrogen and oxygen atoms in total. The summed E-state index contributed by atoms with van der Waals surface area (Å²) in [5.41, 5.74) is 4.26. The van der Waals surface area contributed by atoms with E-state index in [1.54, 1.807) is 29.5 Å².